The fourth-order valence-corrected chi connectivity index (χ4v) is 3.86. The summed E-state index contributed by atoms with van der Waals surface area (Å²) in [6.45, 7) is 0.425. The Labute approximate surface area is 214 Å². The number of ether oxygens (including phenoxy) is 2. The molecule has 0 spiro atoms. The van der Waals surface area contributed by atoms with Crippen LogP contribution in [0.1, 0.15) is 21.7 Å². The number of halogens is 3. The third-order valence-electron chi connectivity index (χ3n) is 5.71. The van der Waals surface area contributed by atoms with Gasteiger partial charge in [-0.2, -0.15) is 23.4 Å². The van der Waals surface area contributed by atoms with Crippen LogP contribution in [0.3, 0.4) is 0 Å². The second kappa shape index (κ2) is 9.88. The van der Waals surface area contributed by atoms with Crippen molar-refractivity contribution in [2.45, 2.75) is 12.7 Å². The first-order chi connectivity index (χ1) is 18.2. The van der Waals surface area contributed by atoms with E-state index in [1.165, 1.54) is 19.4 Å². The van der Waals surface area contributed by atoms with Crippen LogP contribution in [-0.4, -0.2) is 44.5 Å². The molecule has 0 saturated carbocycles. The van der Waals surface area contributed by atoms with E-state index in [-0.39, 0.29) is 17.0 Å². The number of alkyl halides is 3. The Kier molecular flexibility index (Phi) is 6.45. The minimum Gasteiger partial charge on any atom is -0.497 e. The molecular formula is C26H21F3N6O3. The number of anilines is 1. The van der Waals surface area contributed by atoms with Gasteiger partial charge in [-0.1, -0.05) is 12.1 Å². The first kappa shape index (κ1) is 24.8. The number of benzene rings is 2. The number of hydrogen-bond acceptors (Lipinski definition) is 6. The molecular weight excluding hydrogens is 501 g/mol. The van der Waals surface area contributed by atoms with Gasteiger partial charge in [-0.05, 0) is 48.0 Å². The fraction of sp³-hybridized carbons (Fsp3) is 0.154. The van der Waals surface area contributed by atoms with Crippen LogP contribution in [-0.2, 0) is 12.7 Å². The number of hydrogen-bond donors (Lipinski definition) is 1. The largest absolute Gasteiger partial charge is 0.497 e. The maximum Gasteiger partial charge on any atom is 0.433 e. The minimum absolute atomic E-state index is 0.0816. The molecule has 1 amide bonds. The van der Waals surface area contributed by atoms with Gasteiger partial charge in [-0.15, -0.1) is 0 Å². The molecule has 38 heavy (non-hydrogen) atoms. The summed E-state index contributed by atoms with van der Waals surface area (Å²) in [5.74, 6) is 0.563. The molecule has 0 radical (unpaired) electrons. The summed E-state index contributed by atoms with van der Waals surface area (Å²) in [7, 11) is 3.07. The van der Waals surface area contributed by atoms with Crippen molar-refractivity contribution in [2.75, 3.05) is 19.5 Å². The number of nitrogens with one attached hydrogen (secondary N) is 1. The normalized spacial score (nSPS) is 11.5. The average molecular weight is 522 g/mol. The number of nitrogens with zero attached hydrogens (tertiary/aromatic N) is 5. The standard InChI is InChI=1S/C26H21F3N6O3/c1-37-19-8-6-17(7-9-19)21-11-23(26(27,28)29)35-24(32-21)12-22(33-35)25(36)31-18-13-30-34(15-18)14-16-4-3-5-20(10-16)38-2/h3-13,15H,14H2,1-2H3,(H,31,36). The summed E-state index contributed by atoms with van der Waals surface area (Å²) in [6.07, 6.45) is -1.69. The number of methoxy groups -OCH3 is 2. The van der Waals surface area contributed by atoms with Crippen molar-refractivity contribution in [1.82, 2.24) is 24.4 Å². The highest BCUT2D eigenvalue weighted by molar-refractivity contribution is 6.03. The Morgan fingerprint density at radius 3 is 2.47 bits per heavy atom. The highest BCUT2D eigenvalue weighted by Crippen LogP contribution is 2.33. The Balaban J connectivity index is 1.40. The minimum atomic E-state index is -4.73. The zero-order chi connectivity index (χ0) is 26.9. The predicted octanol–water partition coefficient (Wildman–Crippen LogP) is 4.93. The molecule has 0 atom stereocenters. The van der Waals surface area contributed by atoms with Crippen LogP contribution < -0.4 is 14.8 Å². The Morgan fingerprint density at radius 2 is 1.76 bits per heavy atom. The van der Waals surface area contributed by atoms with E-state index in [2.05, 4.69) is 20.5 Å². The van der Waals surface area contributed by atoms with Gasteiger partial charge in [0.05, 0.1) is 38.3 Å². The van der Waals surface area contributed by atoms with E-state index in [4.69, 9.17) is 9.47 Å². The topological polar surface area (TPSA) is 95.6 Å². The van der Waals surface area contributed by atoms with E-state index < -0.39 is 17.8 Å². The van der Waals surface area contributed by atoms with E-state index in [9.17, 15) is 18.0 Å². The summed E-state index contributed by atoms with van der Waals surface area (Å²) >= 11 is 0. The molecule has 0 bridgehead atoms. The molecule has 0 aliphatic carbocycles. The van der Waals surface area contributed by atoms with Crippen molar-refractivity contribution in [2.24, 2.45) is 0 Å². The smallest absolute Gasteiger partial charge is 0.433 e. The number of amides is 1. The number of carbonyl (C=O) groups is 1. The van der Waals surface area contributed by atoms with Gasteiger partial charge in [0.2, 0.25) is 0 Å². The first-order valence-corrected chi connectivity index (χ1v) is 11.3. The number of fused-ring (bicyclic) bond motifs is 1. The summed E-state index contributed by atoms with van der Waals surface area (Å²) in [5.41, 5.74) is 0.424. The molecule has 2 aromatic carbocycles. The van der Waals surface area contributed by atoms with Gasteiger partial charge >= 0.3 is 6.18 Å². The molecule has 9 nitrogen and oxygen atoms in total. The lowest BCUT2D eigenvalue weighted by molar-refractivity contribution is -0.142. The van der Waals surface area contributed by atoms with Crippen molar-refractivity contribution in [3.8, 4) is 22.8 Å². The first-order valence-electron chi connectivity index (χ1n) is 11.3. The van der Waals surface area contributed by atoms with Crippen LogP contribution >= 0.6 is 0 Å². The molecule has 0 saturated heterocycles. The summed E-state index contributed by atoms with van der Waals surface area (Å²) in [4.78, 5) is 17.2. The molecule has 3 heterocycles. The van der Waals surface area contributed by atoms with Crippen LogP contribution in [0.5, 0.6) is 11.5 Å². The SMILES string of the molecule is COc1ccc(-c2cc(C(F)(F)F)n3nc(C(=O)Nc4cnn(Cc5cccc(OC)c5)c4)cc3n2)cc1. The third kappa shape index (κ3) is 5.14. The molecule has 3 aromatic heterocycles. The molecule has 0 unspecified atom stereocenters. The van der Waals surface area contributed by atoms with Gasteiger partial charge in [0.25, 0.3) is 5.91 Å². The number of aromatic nitrogens is 5. The van der Waals surface area contributed by atoms with Crippen LogP contribution in [0.2, 0.25) is 0 Å². The van der Waals surface area contributed by atoms with Gasteiger partial charge in [-0.25, -0.2) is 9.50 Å². The van der Waals surface area contributed by atoms with Gasteiger partial charge < -0.3 is 14.8 Å². The molecule has 1 N–H and O–H groups in total. The maximum atomic E-state index is 13.9. The molecule has 194 valence electrons. The molecule has 0 aliphatic heterocycles. The van der Waals surface area contributed by atoms with E-state index in [1.807, 2.05) is 24.3 Å². The van der Waals surface area contributed by atoms with Gasteiger partial charge in [0, 0.05) is 17.8 Å². The molecule has 5 rings (SSSR count). The number of rotatable bonds is 7. The van der Waals surface area contributed by atoms with Crippen LogP contribution in [0.4, 0.5) is 18.9 Å². The highest BCUT2D eigenvalue weighted by atomic mass is 19.4. The zero-order valence-corrected chi connectivity index (χ0v) is 20.2. The summed E-state index contributed by atoms with van der Waals surface area (Å²) in [5, 5.41) is 10.7. The monoisotopic (exact) mass is 522 g/mol. The summed E-state index contributed by atoms with van der Waals surface area (Å²) in [6, 6.07) is 16.0. The van der Waals surface area contributed by atoms with E-state index in [0.29, 0.717) is 33.8 Å². The quantitative estimate of drug-likeness (QED) is 0.326. The predicted molar refractivity (Wildman–Crippen MR) is 132 cm³/mol. The Morgan fingerprint density at radius 1 is 1.00 bits per heavy atom. The second-order valence-corrected chi connectivity index (χ2v) is 8.28. The third-order valence-corrected chi connectivity index (χ3v) is 5.71. The van der Waals surface area contributed by atoms with Crippen molar-refractivity contribution in [1.29, 1.82) is 0 Å². The average Bonchev–Trinajstić information content (AvgIpc) is 3.54. The van der Waals surface area contributed by atoms with Gasteiger partial charge in [0.1, 0.15) is 11.5 Å². The van der Waals surface area contributed by atoms with E-state index in [0.717, 1.165) is 11.6 Å². The van der Waals surface area contributed by atoms with Crippen LogP contribution in [0, 0.1) is 0 Å². The maximum absolute atomic E-state index is 13.9. The number of carbonyl (C=O) groups excluding carboxylic acids is 1. The molecule has 0 fully saturated rings. The lowest BCUT2D eigenvalue weighted by Crippen LogP contribution is -2.15. The van der Waals surface area contributed by atoms with Crippen LogP contribution in [0.15, 0.2) is 73.1 Å². The molecule has 0 aliphatic rings. The lowest BCUT2D eigenvalue weighted by atomic mass is 10.1. The van der Waals surface area contributed by atoms with E-state index >= 15 is 0 Å². The summed E-state index contributed by atoms with van der Waals surface area (Å²) < 4.78 is 54.2. The second-order valence-electron chi connectivity index (χ2n) is 8.28. The fourth-order valence-electron chi connectivity index (χ4n) is 3.86. The molecule has 12 heteroatoms. The molecule has 5 aromatic rings. The van der Waals surface area contributed by atoms with Crippen molar-refractivity contribution < 1.29 is 27.4 Å². The van der Waals surface area contributed by atoms with E-state index in [1.54, 1.807) is 42.3 Å². The Hall–Kier alpha value is -4.87. The van der Waals surface area contributed by atoms with Gasteiger partial charge in [-0.3, -0.25) is 9.48 Å². The van der Waals surface area contributed by atoms with Crippen molar-refractivity contribution in [3.05, 3.63) is 90.0 Å². The van der Waals surface area contributed by atoms with Crippen LogP contribution in [0.25, 0.3) is 16.9 Å². The zero-order valence-electron chi connectivity index (χ0n) is 20.2. The Bertz CT molecular complexity index is 1610. The highest BCUT2D eigenvalue weighted by Gasteiger charge is 2.35. The van der Waals surface area contributed by atoms with Gasteiger partial charge in [0.15, 0.2) is 17.0 Å². The lowest BCUT2D eigenvalue weighted by Gasteiger charge is -2.11. The van der Waals surface area contributed by atoms with Crippen molar-refractivity contribution in [3.63, 3.8) is 0 Å². The van der Waals surface area contributed by atoms with Crippen molar-refractivity contribution >= 4 is 17.2 Å².